The van der Waals surface area contributed by atoms with Crippen LogP contribution in [0.25, 0.3) is 92.1 Å². The summed E-state index contributed by atoms with van der Waals surface area (Å²) in [6.07, 6.45) is 0. The van der Waals surface area contributed by atoms with Crippen LogP contribution in [0.1, 0.15) is 0 Å². The summed E-state index contributed by atoms with van der Waals surface area (Å²) in [6, 6.07) is 87.2. The molecular weight excluding hydrogens is 787 g/mol. The summed E-state index contributed by atoms with van der Waals surface area (Å²) >= 11 is 0. The van der Waals surface area contributed by atoms with Crippen molar-refractivity contribution < 1.29 is 0 Å². The molecule has 13 aromatic carbocycles. The molecule has 1 aromatic heterocycles. The van der Waals surface area contributed by atoms with E-state index in [0.717, 1.165) is 50.8 Å². The Morgan fingerprint density at radius 1 is 0.231 bits per heavy atom. The molecule has 0 saturated carbocycles. The first-order valence-corrected chi connectivity index (χ1v) is 22.4. The lowest BCUT2D eigenvalue weighted by atomic mass is 9.93. The van der Waals surface area contributed by atoms with Crippen molar-refractivity contribution in [3.8, 4) is 5.69 Å². The number of fused-ring (bicyclic) bond motifs is 3. The van der Waals surface area contributed by atoms with E-state index in [0.29, 0.717) is 0 Å². The highest BCUT2D eigenvalue weighted by Gasteiger charge is 2.22. The van der Waals surface area contributed by atoms with Gasteiger partial charge in [-0.2, -0.15) is 0 Å². The van der Waals surface area contributed by atoms with Gasteiger partial charge in [-0.3, -0.25) is 0 Å². The van der Waals surface area contributed by atoms with Gasteiger partial charge in [-0.05, 0) is 150 Å². The van der Waals surface area contributed by atoms with Crippen LogP contribution in [0, 0.1) is 0 Å². The molecule has 0 bridgehead atoms. The first-order chi connectivity index (χ1) is 32.2. The third kappa shape index (κ3) is 5.49. The minimum Gasteiger partial charge on any atom is -0.310 e. The number of anilines is 6. The monoisotopic (exact) mass is 825 g/mol. The molecule has 65 heavy (non-hydrogen) atoms. The van der Waals surface area contributed by atoms with E-state index >= 15 is 0 Å². The number of para-hydroxylation sites is 3. The summed E-state index contributed by atoms with van der Waals surface area (Å²) in [5.74, 6) is 0. The van der Waals surface area contributed by atoms with Crippen LogP contribution in [0.4, 0.5) is 34.1 Å². The largest absolute Gasteiger partial charge is 0.310 e. The van der Waals surface area contributed by atoms with Crippen molar-refractivity contribution in [2.45, 2.75) is 0 Å². The van der Waals surface area contributed by atoms with E-state index in [1.165, 1.54) is 75.4 Å². The molecule has 0 unspecified atom stereocenters. The number of aromatic nitrogens is 1. The van der Waals surface area contributed by atoms with Gasteiger partial charge in [0.25, 0.3) is 0 Å². The number of hydrogen-bond acceptors (Lipinski definition) is 2. The van der Waals surface area contributed by atoms with E-state index in [9.17, 15) is 0 Å². The molecule has 3 nitrogen and oxygen atoms in total. The van der Waals surface area contributed by atoms with Gasteiger partial charge in [0.05, 0.1) is 11.0 Å². The molecule has 0 aliphatic rings. The molecule has 14 aromatic rings. The number of rotatable bonds is 7. The van der Waals surface area contributed by atoms with Crippen molar-refractivity contribution in [3.05, 3.63) is 237 Å². The van der Waals surface area contributed by atoms with E-state index in [2.05, 4.69) is 251 Å². The van der Waals surface area contributed by atoms with E-state index in [1.54, 1.807) is 0 Å². The molecule has 0 radical (unpaired) electrons. The lowest BCUT2D eigenvalue weighted by Gasteiger charge is -2.27. The van der Waals surface area contributed by atoms with Crippen LogP contribution in [0.5, 0.6) is 0 Å². The highest BCUT2D eigenvalue weighted by Crippen LogP contribution is 2.46. The van der Waals surface area contributed by atoms with Gasteiger partial charge in [0.1, 0.15) is 0 Å². The number of benzene rings is 13. The molecule has 3 heteroatoms. The van der Waals surface area contributed by atoms with Crippen molar-refractivity contribution in [3.63, 3.8) is 0 Å². The average molecular weight is 826 g/mol. The third-order valence-corrected chi connectivity index (χ3v) is 13.7. The Hall–Kier alpha value is -8.66. The van der Waals surface area contributed by atoms with Gasteiger partial charge in [-0.1, -0.05) is 152 Å². The predicted molar refractivity (Wildman–Crippen MR) is 278 cm³/mol. The van der Waals surface area contributed by atoms with Crippen molar-refractivity contribution >= 4 is 121 Å². The Kier molecular flexibility index (Phi) is 7.69. The molecule has 14 rings (SSSR count). The zero-order valence-electron chi connectivity index (χ0n) is 35.4. The van der Waals surface area contributed by atoms with E-state index in [-0.39, 0.29) is 0 Å². The quantitative estimate of drug-likeness (QED) is 0.148. The van der Waals surface area contributed by atoms with E-state index in [1.807, 2.05) is 0 Å². The number of nitrogens with zero attached hydrogens (tertiary/aromatic N) is 3. The van der Waals surface area contributed by atoms with Gasteiger partial charge < -0.3 is 14.4 Å². The maximum atomic E-state index is 2.45. The molecule has 0 saturated heterocycles. The third-order valence-electron chi connectivity index (χ3n) is 13.7. The van der Waals surface area contributed by atoms with Gasteiger partial charge in [0.2, 0.25) is 0 Å². The maximum absolute atomic E-state index is 2.45. The van der Waals surface area contributed by atoms with Crippen molar-refractivity contribution in [2.75, 3.05) is 9.80 Å². The molecule has 0 atom stereocenters. The molecule has 1 heterocycles. The first kappa shape index (κ1) is 35.9. The van der Waals surface area contributed by atoms with Crippen molar-refractivity contribution in [2.24, 2.45) is 0 Å². The normalized spacial score (nSPS) is 12.0. The fourth-order valence-corrected chi connectivity index (χ4v) is 10.9. The van der Waals surface area contributed by atoms with Gasteiger partial charge in [0.15, 0.2) is 0 Å². The van der Waals surface area contributed by atoms with Gasteiger partial charge in [-0.15, -0.1) is 0 Å². The second kappa shape index (κ2) is 13.9. The van der Waals surface area contributed by atoms with Crippen LogP contribution in [0.15, 0.2) is 237 Å². The molecule has 0 amide bonds. The summed E-state index contributed by atoms with van der Waals surface area (Å²) in [5.41, 5.74) is 10.1. The lowest BCUT2D eigenvalue weighted by Crippen LogP contribution is -2.10. The lowest BCUT2D eigenvalue weighted by molar-refractivity contribution is 1.17. The van der Waals surface area contributed by atoms with Crippen LogP contribution in [-0.4, -0.2) is 4.57 Å². The fourth-order valence-electron chi connectivity index (χ4n) is 10.9. The SMILES string of the molecule is c1ccc(N(c2cc3ccc4cccc5ccc(c2)c3c45)c2ccc3c4ccc(N(c5ccccc5)c5cc6ccc7cccc8ccc(c5)c6c78)cc4n(-c4ccccc4)c3c2)cc1. The second-order valence-corrected chi connectivity index (χ2v) is 17.4. The van der Waals surface area contributed by atoms with Gasteiger partial charge in [-0.25, -0.2) is 0 Å². The molecule has 0 spiro atoms. The summed E-state index contributed by atoms with van der Waals surface area (Å²) in [6.45, 7) is 0. The smallest absolute Gasteiger partial charge is 0.0561 e. The highest BCUT2D eigenvalue weighted by atomic mass is 15.2. The van der Waals surface area contributed by atoms with Crippen molar-refractivity contribution in [1.82, 2.24) is 4.57 Å². The summed E-state index contributed by atoms with van der Waals surface area (Å²) in [7, 11) is 0. The van der Waals surface area contributed by atoms with Crippen LogP contribution in [0.3, 0.4) is 0 Å². The van der Waals surface area contributed by atoms with Crippen molar-refractivity contribution in [1.29, 1.82) is 0 Å². The number of hydrogen-bond donors (Lipinski definition) is 0. The fraction of sp³-hybridized carbons (Fsp3) is 0. The standard InChI is InChI=1S/C62H39N3/c1-4-16-48(17-5-1)63(53-34-44-26-22-40-12-10-13-41-23-27-45(35-53)61(44)59(40)41)51-30-32-55-56-33-31-52(39-58(56)65(57(55)38-51)50-20-8-3-9-21-50)64(49-18-6-2-7-19-49)54-36-46-28-24-42-14-11-15-43-25-29-47(37-54)62(46)60(42)43/h1-39H. The molecule has 0 N–H and O–H groups in total. The average Bonchev–Trinajstić information content (AvgIpc) is 3.69. The van der Waals surface area contributed by atoms with Crippen LogP contribution >= 0.6 is 0 Å². The topological polar surface area (TPSA) is 11.4 Å². The minimum atomic E-state index is 1.09. The van der Waals surface area contributed by atoms with Gasteiger partial charge in [0, 0.05) is 50.6 Å². The Balaban J connectivity index is 0.984. The molecule has 0 aliphatic heterocycles. The second-order valence-electron chi connectivity index (χ2n) is 17.4. The van der Waals surface area contributed by atoms with Crippen LogP contribution in [-0.2, 0) is 0 Å². The minimum absolute atomic E-state index is 1.09. The van der Waals surface area contributed by atoms with Crippen LogP contribution < -0.4 is 9.80 Å². The Morgan fingerprint density at radius 3 is 0.954 bits per heavy atom. The zero-order valence-corrected chi connectivity index (χ0v) is 35.4. The summed E-state index contributed by atoms with van der Waals surface area (Å²) in [5, 5.41) is 17.8. The Morgan fingerprint density at radius 2 is 0.569 bits per heavy atom. The molecular formula is C62H39N3. The highest BCUT2D eigenvalue weighted by molar-refractivity contribution is 6.25. The molecule has 302 valence electrons. The maximum Gasteiger partial charge on any atom is 0.0561 e. The molecule has 0 aliphatic carbocycles. The van der Waals surface area contributed by atoms with Gasteiger partial charge >= 0.3 is 0 Å². The first-order valence-electron chi connectivity index (χ1n) is 22.4. The summed E-state index contributed by atoms with van der Waals surface area (Å²) in [4.78, 5) is 4.83. The van der Waals surface area contributed by atoms with E-state index < -0.39 is 0 Å². The zero-order chi connectivity index (χ0) is 42.6. The van der Waals surface area contributed by atoms with E-state index in [4.69, 9.17) is 0 Å². The Labute approximate surface area is 375 Å². The summed E-state index contributed by atoms with van der Waals surface area (Å²) < 4.78 is 2.45. The predicted octanol–water partition coefficient (Wildman–Crippen LogP) is 17.5. The molecule has 0 fully saturated rings. The Bertz CT molecular complexity index is 3740. The van der Waals surface area contributed by atoms with Crippen LogP contribution in [0.2, 0.25) is 0 Å².